The predicted molar refractivity (Wildman–Crippen MR) is 150 cm³/mol. The number of benzene rings is 2. The van der Waals surface area contributed by atoms with E-state index in [-0.39, 0.29) is 11.3 Å². The molecule has 0 atom stereocenters. The number of carbonyl (C=O) groups excluding carboxylic acids is 2. The van der Waals surface area contributed by atoms with Crippen LogP contribution in [0, 0.1) is 18.8 Å². The van der Waals surface area contributed by atoms with Gasteiger partial charge < -0.3 is 14.7 Å². The van der Waals surface area contributed by atoms with Crippen molar-refractivity contribution in [2.75, 3.05) is 45.2 Å². The largest absolute Gasteiger partial charge is 0.371 e. The SMILES string of the molecule is Cc1cccc(C2(C(=O)N3CCC(C4CCN(c5ccc(C(=O)N(C)C)c(Cl)c5)CC4)CC3)CCC2)c1. The fraction of sp³-hybridized carbons (Fsp3) is 0.548. The Labute approximate surface area is 226 Å². The van der Waals surface area contributed by atoms with Gasteiger partial charge in [0.25, 0.3) is 5.91 Å². The topological polar surface area (TPSA) is 43.9 Å². The van der Waals surface area contributed by atoms with Gasteiger partial charge in [-0.3, -0.25) is 9.59 Å². The number of aryl methyl sites for hydroxylation is 1. The molecule has 1 saturated carbocycles. The first-order chi connectivity index (χ1) is 17.8. The van der Waals surface area contributed by atoms with Crippen molar-refractivity contribution in [3.8, 4) is 0 Å². The molecular weight excluding hydrogens is 482 g/mol. The molecule has 3 fully saturated rings. The number of hydrogen-bond donors (Lipinski definition) is 0. The van der Waals surface area contributed by atoms with Crippen LogP contribution >= 0.6 is 11.6 Å². The molecule has 0 aromatic heterocycles. The highest BCUT2D eigenvalue weighted by Crippen LogP contribution is 2.46. The zero-order chi connectivity index (χ0) is 26.2. The van der Waals surface area contributed by atoms with E-state index in [1.54, 1.807) is 19.0 Å². The monoisotopic (exact) mass is 521 g/mol. The molecule has 5 rings (SSSR count). The van der Waals surface area contributed by atoms with Crippen molar-refractivity contribution in [2.24, 2.45) is 11.8 Å². The molecule has 2 aliphatic heterocycles. The lowest BCUT2D eigenvalue weighted by Crippen LogP contribution is -2.53. The van der Waals surface area contributed by atoms with Crippen LogP contribution in [0.2, 0.25) is 5.02 Å². The van der Waals surface area contributed by atoms with Crippen LogP contribution in [-0.2, 0) is 10.2 Å². The minimum Gasteiger partial charge on any atom is -0.371 e. The third kappa shape index (κ3) is 5.12. The molecule has 2 heterocycles. The summed E-state index contributed by atoms with van der Waals surface area (Å²) in [5.41, 5.74) is 3.83. The highest BCUT2D eigenvalue weighted by Gasteiger charge is 2.48. The van der Waals surface area contributed by atoms with Gasteiger partial charge in [0.05, 0.1) is 16.0 Å². The molecule has 6 heteroatoms. The Morgan fingerprint density at radius 2 is 1.57 bits per heavy atom. The second kappa shape index (κ2) is 10.7. The van der Waals surface area contributed by atoms with Gasteiger partial charge in [-0.25, -0.2) is 0 Å². The molecular formula is C31H40ClN3O2. The maximum atomic E-state index is 13.7. The van der Waals surface area contributed by atoms with Crippen molar-refractivity contribution in [3.63, 3.8) is 0 Å². The second-order valence-electron chi connectivity index (χ2n) is 11.6. The first kappa shape index (κ1) is 26.1. The van der Waals surface area contributed by atoms with E-state index in [0.717, 1.165) is 64.0 Å². The van der Waals surface area contributed by atoms with Crippen molar-refractivity contribution in [3.05, 3.63) is 64.2 Å². The van der Waals surface area contributed by atoms with Crippen LogP contribution in [0.5, 0.6) is 0 Å². The van der Waals surface area contributed by atoms with E-state index in [1.165, 1.54) is 24.0 Å². The molecule has 2 amide bonds. The van der Waals surface area contributed by atoms with Crippen molar-refractivity contribution >= 4 is 29.1 Å². The van der Waals surface area contributed by atoms with Crippen LogP contribution in [0.25, 0.3) is 0 Å². The van der Waals surface area contributed by atoms with E-state index < -0.39 is 0 Å². The van der Waals surface area contributed by atoms with Gasteiger partial charge in [0.2, 0.25) is 5.91 Å². The molecule has 1 aliphatic carbocycles. The van der Waals surface area contributed by atoms with Crippen molar-refractivity contribution in [1.29, 1.82) is 0 Å². The molecule has 3 aliphatic rings. The van der Waals surface area contributed by atoms with Crippen molar-refractivity contribution < 1.29 is 9.59 Å². The molecule has 0 spiro atoms. The average molecular weight is 522 g/mol. The number of piperidine rings is 2. The second-order valence-corrected chi connectivity index (χ2v) is 12.0. The highest BCUT2D eigenvalue weighted by molar-refractivity contribution is 6.34. The summed E-state index contributed by atoms with van der Waals surface area (Å²) >= 11 is 6.46. The number of halogens is 1. The zero-order valence-corrected chi connectivity index (χ0v) is 23.3. The summed E-state index contributed by atoms with van der Waals surface area (Å²) in [6, 6.07) is 14.4. The fourth-order valence-electron chi connectivity index (χ4n) is 6.72. The van der Waals surface area contributed by atoms with E-state index in [9.17, 15) is 9.59 Å². The first-order valence-electron chi connectivity index (χ1n) is 13.9. The van der Waals surface area contributed by atoms with Gasteiger partial charge >= 0.3 is 0 Å². The van der Waals surface area contributed by atoms with E-state index >= 15 is 0 Å². The quantitative estimate of drug-likeness (QED) is 0.490. The van der Waals surface area contributed by atoms with Crippen molar-refractivity contribution in [2.45, 2.75) is 57.3 Å². The Morgan fingerprint density at radius 1 is 0.919 bits per heavy atom. The molecule has 2 aromatic carbocycles. The Morgan fingerprint density at radius 3 is 2.11 bits per heavy atom. The summed E-state index contributed by atoms with van der Waals surface area (Å²) < 4.78 is 0. The Hall–Kier alpha value is -2.53. The molecule has 0 radical (unpaired) electrons. The van der Waals surface area contributed by atoms with Crippen LogP contribution in [0.4, 0.5) is 5.69 Å². The lowest BCUT2D eigenvalue weighted by molar-refractivity contribution is -0.142. The summed E-state index contributed by atoms with van der Waals surface area (Å²) in [6.45, 7) is 5.94. The van der Waals surface area contributed by atoms with Gasteiger partial charge in [0.15, 0.2) is 0 Å². The molecule has 2 saturated heterocycles. The standard InChI is InChI=1S/C31H40ClN3O2/c1-22-6-4-7-25(20-22)31(14-5-15-31)30(37)35-18-12-24(13-19-35)23-10-16-34(17-11-23)26-8-9-27(28(32)21-26)29(36)33(2)3/h4,6-9,20-21,23-24H,5,10-19H2,1-3H3. The van der Waals surface area contributed by atoms with Gasteiger partial charge in [-0.15, -0.1) is 0 Å². The first-order valence-corrected chi connectivity index (χ1v) is 14.3. The van der Waals surface area contributed by atoms with Gasteiger partial charge in [-0.2, -0.15) is 0 Å². The predicted octanol–water partition coefficient (Wildman–Crippen LogP) is 5.93. The van der Waals surface area contributed by atoms with Crippen LogP contribution in [0.1, 0.15) is 66.4 Å². The Balaban J connectivity index is 1.15. The molecule has 37 heavy (non-hydrogen) atoms. The van der Waals surface area contributed by atoms with E-state index in [2.05, 4.69) is 41.0 Å². The van der Waals surface area contributed by atoms with Crippen molar-refractivity contribution in [1.82, 2.24) is 9.80 Å². The summed E-state index contributed by atoms with van der Waals surface area (Å²) in [6.07, 6.45) is 7.70. The molecule has 0 unspecified atom stereocenters. The Kier molecular flexibility index (Phi) is 7.53. The maximum Gasteiger partial charge on any atom is 0.254 e. The van der Waals surface area contributed by atoms with E-state index in [1.807, 2.05) is 18.2 Å². The highest BCUT2D eigenvalue weighted by atomic mass is 35.5. The van der Waals surface area contributed by atoms with Gasteiger partial charge in [-0.05, 0) is 81.0 Å². The van der Waals surface area contributed by atoms with E-state index in [4.69, 9.17) is 11.6 Å². The zero-order valence-electron chi connectivity index (χ0n) is 22.5. The maximum absolute atomic E-state index is 13.7. The smallest absolute Gasteiger partial charge is 0.254 e. The van der Waals surface area contributed by atoms with Gasteiger partial charge in [0.1, 0.15) is 0 Å². The number of anilines is 1. The minimum atomic E-state index is -0.280. The summed E-state index contributed by atoms with van der Waals surface area (Å²) in [7, 11) is 3.49. The molecule has 198 valence electrons. The average Bonchev–Trinajstić information content (AvgIpc) is 2.88. The summed E-state index contributed by atoms with van der Waals surface area (Å²) in [5.74, 6) is 1.71. The van der Waals surface area contributed by atoms with Gasteiger partial charge in [0, 0.05) is 46.0 Å². The lowest BCUT2D eigenvalue weighted by atomic mass is 9.63. The number of carbonyl (C=O) groups is 2. The molecule has 0 bridgehead atoms. The fourth-order valence-corrected chi connectivity index (χ4v) is 6.98. The normalized spacial score (nSPS) is 20.4. The third-order valence-electron chi connectivity index (χ3n) is 9.17. The number of nitrogens with zero attached hydrogens (tertiary/aromatic N) is 3. The number of rotatable bonds is 5. The summed E-state index contributed by atoms with van der Waals surface area (Å²) in [4.78, 5) is 32.1. The van der Waals surface area contributed by atoms with E-state index in [0.29, 0.717) is 28.3 Å². The summed E-state index contributed by atoms with van der Waals surface area (Å²) in [5, 5.41) is 0.519. The Bertz CT molecular complexity index is 1140. The number of hydrogen-bond acceptors (Lipinski definition) is 3. The third-order valence-corrected chi connectivity index (χ3v) is 9.49. The lowest BCUT2D eigenvalue weighted by Gasteiger charge is -2.47. The van der Waals surface area contributed by atoms with Crippen LogP contribution in [0.15, 0.2) is 42.5 Å². The van der Waals surface area contributed by atoms with Gasteiger partial charge in [-0.1, -0.05) is 47.9 Å². The molecule has 5 nitrogen and oxygen atoms in total. The molecule has 2 aromatic rings. The van der Waals surface area contributed by atoms with Crippen LogP contribution in [-0.4, -0.2) is 61.9 Å². The minimum absolute atomic E-state index is 0.0674. The number of likely N-dealkylation sites (tertiary alicyclic amines) is 1. The number of amides is 2. The van der Waals surface area contributed by atoms with Crippen LogP contribution < -0.4 is 4.90 Å². The van der Waals surface area contributed by atoms with Crippen LogP contribution in [0.3, 0.4) is 0 Å². The molecule has 0 N–H and O–H groups in total.